The van der Waals surface area contributed by atoms with Gasteiger partial charge in [-0.2, -0.15) is 4.98 Å². The van der Waals surface area contributed by atoms with Gasteiger partial charge in [-0.15, -0.1) is 0 Å². The molecule has 2 aromatic heterocycles. The third-order valence-electron chi connectivity index (χ3n) is 6.42. The normalized spacial score (nSPS) is 16.2. The second-order valence-corrected chi connectivity index (χ2v) is 8.84. The van der Waals surface area contributed by atoms with Crippen LogP contribution in [0.1, 0.15) is 37.7 Å². The van der Waals surface area contributed by atoms with E-state index in [1.165, 1.54) is 37.7 Å². The second-order valence-electron chi connectivity index (χ2n) is 8.84. The minimum Gasteiger partial charge on any atom is -0.486 e. The van der Waals surface area contributed by atoms with Gasteiger partial charge >= 0.3 is 0 Å². The predicted molar refractivity (Wildman–Crippen MR) is 128 cm³/mol. The molecule has 6 rings (SSSR count). The van der Waals surface area contributed by atoms with E-state index in [1.54, 1.807) is 0 Å². The van der Waals surface area contributed by atoms with Crippen molar-refractivity contribution in [2.75, 3.05) is 18.5 Å². The van der Waals surface area contributed by atoms with Gasteiger partial charge in [-0.1, -0.05) is 25.3 Å². The molecular weight excluding hydrogens is 414 g/mol. The molecule has 0 radical (unpaired) electrons. The second kappa shape index (κ2) is 8.39. The number of hydrogen-bond donors (Lipinski definition) is 1. The van der Waals surface area contributed by atoms with Gasteiger partial charge in [0, 0.05) is 17.8 Å². The Balaban J connectivity index is 1.46. The van der Waals surface area contributed by atoms with E-state index in [0.29, 0.717) is 25.2 Å². The van der Waals surface area contributed by atoms with Crippen LogP contribution in [0.2, 0.25) is 0 Å². The molecule has 0 spiro atoms. The monoisotopic (exact) mass is 441 g/mol. The van der Waals surface area contributed by atoms with Crippen molar-refractivity contribution < 1.29 is 9.47 Å². The molecule has 1 aliphatic heterocycles. The highest BCUT2D eigenvalue weighted by atomic mass is 16.6. The van der Waals surface area contributed by atoms with Gasteiger partial charge in [0.2, 0.25) is 5.95 Å². The van der Waals surface area contributed by atoms with Crippen molar-refractivity contribution in [2.24, 2.45) is 0 Å². The van der Waals surface area contributed by atoms with Gasteiger partial charge in [0.15, 0.2) is 11.5 Å². The van der Waals surface area contributed by atoms with Crippen LogP contribution in [0.5, 0.6) is 11.5 Å². The maximum absolute atomic E-state index is 5.83. The van der Waals surface area contributed by atoms with E-state index in [4.69, 9.17) is 19.4 Å². The zero-order valence-electron chi connectivity index (χ0n) is 18.8. The van der Waals surface area contributed by atoms with E-state index in [2.05, 4.69) is 40.0 Å². The van der Waals surface area contributed by atoms with Crippen LogP contribution < -0.4 is 14.8 Å². The Labute approximate surface area is 192 Å². The molecule has 0 amide bonds. The van der Waals surface area contributed by atoms with Crippen LogP contribution in [0.4, 0.5) is 5.95 Å². The molecular formula is C26H27N5O2. The quantitative estimate of drug-likeness (QED) is 0.463. The molecule has 3 heterocycles. The SMILES string of the molecule is Cc1ccc2nc(-c3ccc4c(c3)OCCO4)n(-c3ccnc(NC4CCCCC4)n3)c2c1. The first kappa shape index (κ1) is 20.0. The van der Waals surface area contributed by atoms with Gasteiger partial charge in [-0.25, -0.2) is 9.97 Å². The van der Waals surface area contributed by atoms with E-state index in [0.717, 1.165) is 39.7 Å². The molecule has 0 atom stereocenters. The summed E-state index contributed by atoms with van der Waals surface area (Å²) in [5.74, 6) is 3.79. The van der Waals surface area contributed by atoms with Crippen molar-refractivity contribution in [1.29, 1.82) is 0 Å². The lowest BCUT2D eigenvalue weighted by molar-refractivity contribution is 0.171. The summed E-state index contributed by atoms with van der Waals surface area (Å²) in [4.78, 5) is 14.4. The van der Waals surface area contributed by atoms with Crippen LogP contribution in [0.25, 0.3) is 28.2 Å². The van der Waals surface area contributed by atoms with Crippen LogP contribution in [0, 0.1) is 6.92 Å². The van der Waals surface area contributed by atoms with Gasteiger partial charge in [0.25, 0.3) is 0 Å². The Bertz CT molecular complexity index is 1310. The summed E-state index contributed by atoms with van der Waals surface area (Å²) in [6, 6.07) is 14.7. The fraction of sp³-hybridized carbons (Fsp3) is 0.346. The first-order chi connectivity index (χ1) is 16.2. The standard InChI is InChI=1S/C26H27N5O2/c1-17-7-9-20-21(15-17)31(24-11-12-27-26(30-24)28-19-5-3-2-4-6-19)25(29-20)18-8-10-22-23(16-18)33-14-13-32-22/h7-12,15-16,19H,2-6,13-14H2,1H3,(H,27,28,30). The third-order valence-corrected chi connectivity index (χ3v) is 6.42. The molecule has 4 aromatic rings. The lowest BCUT2D eigenvalue weighted by Gasteiger charge is -2.23. The number of benzene rings is 2. The van der Waals surface area contributed by atoms with Gasteiger partial charge in [-0.3, -0.25) is 4.57 Å². The lowest BCUT2D eigenvalue weighted by atomic mass is 9.96. The van der Waals surface area contributed by atoms with Gasteiger partial charge in [-0.05, 0) is 61.7 Å². The summed E-state index contributed by atoms with van der Waals surface area (Å²) in [7, 11) is 0. The highest BCUT2D eigenvalue weighted by Gasteiger charge is 2.20. The molecule has 0 bridgehead atoms. The summed E-state index contributed by atoms with van der Waals surface area (Å²) in [5.41, 5.74) is 4.06. The first-order valence-corrected chi connectivity index (χ1v) is 11.7. The van der Waals surface area contributed by atoms with E-state index in [1.807, 2.05) is 30.5 Å². The van der Waals surface area contributed by atoms with E-state index in [9.17, 15) is 0 Å². The number of rotatable bonds is 4. The van der Waals surface area contributed by atoms with Crippen LogP contribution in [0.3, 0.4) is 0 Å². The van der Waals surface area contributed by atoms with E-state index >= 15 is 0 Å². The number of aryl methyl sites for hydroxylation is 1. The van der Waals surface area contributed by atoms with E-state index < -0.39 is 0 Å². The number of anilines is 1. The summed E-state index contributed by atoms with van der Waals surface area (Å²) in [5, 5.41) is 3.55. The maximum atomic E-state index is 5.83. The molecule has 1 N–H and O–H groups in total. The van der Waals surface area contributed by atoms with Gasteiger partial charge in [0.05, 0.1) is 11.0 Å². The molecule has 7 nitrogen and oxygen atoms in total. The number of aromatic nitrogens is 4. The third kappa shape index (κ3) is 3.88. The van der Waals surface area contributed by atoms with Crippen molar-refractivity contribution in [3.63, 3.8) is 0 Å². The highest BCUT2D eigenvalue weighted by molar-refractivity contribution is 5.84. The van der Waals surface area contributed by atoms with Crippen molar-refractivity contribution >= 4 is 17.0 Å². The number of nitrogens with one attached hydrogen (secondary N) is 1. The Hall–Kier alpha value is -3.61. The lowest BCUT2D eigenvalue weighted by Crippen LogP contribution is -2.23. The number of hydrogen-bond acceptors (Lipinski definition) is 6. The molecule has 168 valence electrons. The van der Waals surface area contributed by atoms with E-state index in [-0.39, 0.29) is 0 Å². The minimum absolute atomic E-state index is 0.438. The van der Waals surface area contributed by atoms with Crippen molar-refractivity contribution in [2.45, 2.75) is 45.1 Å². The number of imidazole rings is 1. The Kier molecular flexibility index (Phi) is 5.09. The predicted octanol–water partition coefficient (Wildman–Crippen LogP) is 5.31. The Morgan fingerprint density at radius 2 is 1.76 bits per heavy atom. The van der Waals surface area contributed by atoms with Crippen LogP contribution >= 0.6 is 0 Å². The Morgan fingerprint density at radius 3 is 2.64 bits per heavy atom. The molecule has 0 unspecified atom stereocenters. The topological polar surface area (TPSA) is 74.1 Å². The summed E-state index contributed by atoms with van der Waals surface area (Å²) in [6.07, 6.45) is 8.00. The minimum atomic E-state index is 0.438. The van der Waals surface area contributed by atoms with Crippen LogP contribution in [-0.2, 0) is 0 Å². The molecule has 33 heavy (non-hydrogen) atoms. The van der Waals surface area contributed by atoms with Gasteiger partial charge < -0.3 is 14.8 Å². The smallest absolute Gasteiger partial charge is 0.224 e. The number of fused-ring (bicyclic) bond motifs is 2. The van der Waals surface area contributed by atoms with Crippen molar-refractivity contribution in [3.8, 4) is 28.7 Å². The Morgan fingerprint density at radius 1 is 0.909 bits per heavy atom. The fourth-order valence-electron chi connectivity index (χ4n) is 4.77. The summed E-state index contributed by atoms with van der Waals surface area (Å²) >= 11 is 0. The molecule has 1 saturated carbocycles. The summed E-state index contributed by atoms with van der Waals surface area (Å²) in [6.45, 7) is 3.21. The van der Waals surface area contributed by atoms with Gasteiger partial charge in [0.1, 0.15) is 24.9 Å². The number of nitrogens with zero attached hydrogens (tertiary/aromatic N) is 4. The molecule has 1 aliphatic carbocycles. The van der Waals surface area contributed by atoms with Crippen LogP contribution in [0.15, 0.2) is 48.7 Å². The average molecular weight is 442 g/mol. The molecule has 1 fully saturated rings. The largest absolute Gasteiger partial charge is 0.486 e. The number of ether oxygens (including phenoxy) is 2. The highest BCUT2D eigenvalue weighted by Crippen LogP contribution is 2.36. The molecule has 2 aliphatic rings. The summed E-state index contributed by atoms with van der Waals surface area (Å²) < 4.78 is 13.7. The van der Waals surface area contributed by atoms with Crippen molar-refractivity contribution in [3.05, 3.63) is 54.2 Å². The first-order valence-electron chi connectivity index (χ1n) is 11.7. The van der Waals surface area contributed by atoms with Crippen molar-refractivity contribution in [1.82, 2.24) is 19.5 Å². The zero-order valence-corrected chi connectivity index (χ0v) is 18.8. The maximum Gasteiger partial charge on any atom is 0.224 e. The molecule has 0 saturated heterocycles. The zero-order chi connectivity index (χ0) is 22.2. The molecule has 2 aromatic carbocycles. The molecule has 7 heteroatoms. The fourth-order valence-corrected chi connectivity index (χ4v) is 4.77. The average Bonchev–Trinajstić information content (AvgIpc) is 3.23. The van der Waals surface area contributed by atoms with Crippen LogP contribution in [-0.4, -0.2) is 38.8 Å².